The van der Waals surface area contributed by atoms with E-state index in [1.54, 1.807) is 12.2 Å². The Kier molecular flexibility index (Phi) is 5.71. The average molecular weight is 346 g/mol. The molecule has 2 fully saturated rings. The van der Waals surface area contributed by atoms with Gasteiger partial charge in [0.1, 0.15) is 11.7 Å². The van der Waals surface area contributed by atoms with E-state index in [-0.39, 0.29) is 18.1 Å². The van der Waals surface area contributed by atoms with Crippen LogP contribution in [-0.2, 0) is 18.9 Å². The van der Waals surface area contributed by atoms with Crippen molar-refractivity contribution in [3.63, 3.8) is 0 Å². The molecule has 0 unspecified atom stereocenters. The van der Waals surface area contributed by atoms with Crippen LogP contribution < -0.4 is 0 Å². The van der Waals surface area contributed by atoms with Crippen molar-refractivity contribution in [1.82, 2.24) is 0 Å². The van der Waals surface area contributed by atoms with Gasteiger partial charge in [-0.3, -0.25) is 0 Å². The molecule has 6 atom stereocenters. The minimum atomic E-state index is -1.23. The summed E-state index contributed by atoms with van der Waals surface area (Å²) in [5.41, 5.74) is -0.288. The predicted octanol–water partition coefficient (Wildman–Crippen LogP) is 2.97. The van der Waals surface area contributed by atoms with Gasteiger partial charge in [0.15, 0.2) is 12.6 Å². The van der Waals surface area contributed by atoms with Crippen molar-refractivity contribution in [2.75, 3.05) is 13.7 Å². The van der Waals surface area contributed by atoms with Crippen LogP contribution in [0, 0.1) is 5.92 Å². The smallest absolute Gasteiger partial charge is 0.187 e. The van der Waals surface area contributed by atoms with Crippen molar-refractivity contribution in [1.29, 1.82) is 0 Å². The first-order chi connectivity index (χ1) is 12.1. The van der Waals surface area contributed by atoms with Crippen LogP contribution in [0.25, 0.3) is 0 Å². The number of allylic oxidation sites excluding steroid dienone is 1. The molecule has 2 heterocycles. The van der Waals surface area contributed by atoms with Crippen molar-refractivity contribution in [2.45, 2.75) is 43.2 Å². The summed E-state index contributed by atoms with van der Waals surface area (Å²) in [6.07, 6.45) is 2.52. The van der Waals surface area contributed by atoms with E-state index in [0.717, 1.165) is 5.56 Å². The molecule has 0 aliphatic carbocycles. The molecule has 5 heteroatoms. The lowest BCUT2D eigenvalue weighted by Crippen LogP contribution is -2.65. The molecule has 0 aromatic heterocycles. The van der Waals surface area contributed by atoms with Gasteiger partial charge in [0.2, 0.25) is 0 Å². The topological polar surface area (TPSA) is 57.2 Å². The Labute approximate surface area is 148 Å². The van der Waals surface area contributed by atoms with Crippen molar-refractivity contribution in [3.05, 3.63) is 61.2 Å². The summed E-state index contributed by atoms with van der Waals surface area (Å²) in [4.78, 5) is 0. The summed E-state index contributed by atoms with van der Waals surface area (Å²) in [5.74, 6) is -0.234. The fourth-order valence-corrected chi connectivity index (χ4v) is 3.79. The second-order valence-electron chi connectivity index (χ2n) is 6.53. The van der Waals surface area contributed by atoms with Crippen LogP contribution in [0.3, 0.4) is 0 Å². The lowest BCUT2D eigenvalue weighted by Gasteiger charge is -2.53. The lowest BCUT2D eigenvalue weighted by atomic mass is 9.74. The van der Waals surface area contributed by atoms with Gasteiger partial charge in [-0.15, -0.1) is 13.2 Å². The predicted molar refractivity (Wildman–Crippen MR) is 93.7 cm³/mol. The number of rotatable bonds is 6. The molecule has 5 nitrogen and oxygen atoms in total. The maximum absolute atomic E-state index is 11.3. The summed E-state index contributed by atoms with van der Waals surface area (Å²) in [7, 11) is 1.53. The molecule has 1 aromatic carbocycles. The van der Waals surface area contributed by atoms with E-state index in [1.165, 1.54) is 7.11 Å². The second-order valence-corrected chi connectivity index (χ2v) is 6.53. The van der Waals surface area contributed by atoms with E-state index in [4.69, 9.17) is 18.9 Å². The molecule has 2 aliphatic rings. The third-order valence-electron chi connectivity index (χ3n) is 4.98. The van der Waals surface area contributed by atoms with Gasteiger partial charge >= 0.3 is 0 Å². The van der Waals surface area contributed by atoms with E-state index in [9.17, 15) is 5.11 Å². The summed E-state index contributed by atoms with van der Waals surface area (Å²) < 4.78 is 23.5. The second kappa shape index (κ2) is 7.81. The summed E-state index contributed by atoms with van der Waals surface area (Å²) in [6, 6.07) is 9.77. The van der Waals surface area contributed by atoms with Crippen LogP contribution in [0.2, 0.25) is 0 Å². The van der Waals surface area contributed by atoms with Crippen molar-refractivity contribution in [3.8, 4) is 0 Å². The molecule has 1 N–H and O–H groups in total. The number of benzene rings is 1. The normalized spacial score (nSPS) is 37.9. The fourth-order valence-electron chi connectivity index (χ4n) is 3.79. The third kappa shape index (κ3) is 3.43. The van der Waals surface area contributed by atoms with Crippen LogP contribution in [0.5, 0.6) is 0 Å². The lowest BCUT2D eigenvalue weighted by molar-refractivity contribution is -0.374. The van der Waals surface area contributed by atoms with Gasteiger partial charge in [-0.25, -0.2) is 0 Å². The van der Waals surface area contributed by atoms with E-state index in [0.29, 0.717) is 19.4 Å². The first-order valence-corrected chi connectivity index (χ1v) is 8.58. The number of ether oxygens (including phenoxy) is 4. The standard InChI is InChI=1S/C20H26O5/c1-4-9-15-17-16(24-19(22-3)20(15,21)12-5-2)13-23-18(25-17)14-10-7-6-8-11-14/h4-8,10-11,15-19,21H,1-2,9,12-13H2,3H3/t15-,16+,17-,18+,19-,20-/m0/s1. The molecule has 1 aromatic rings. The number of hydrogen-bond donors (Lipinski definition) is 1. The Hall–Kier alpha value is -1.50. The molecule has 0 saturated carbocycles. The third-order valence-corrected chi connectivity index (χ3v) is 4.98. The molecule has 3 rings (SSSR count). The highest BCUT2D eigenvalue weighted by atomic mass is 16.7. The van der Waals surface area contributed by atoms with E-state index in [1.807, 2.05) is 30.3 Å². The van der Waals surface area contributed by atoms with Gasteiger partial charge in [0.05, 0.1) is 12.7 Å². The van der Waals surface area contributed by atoms with Crippen molar-refractivity contribution in [2.24, 2.45) is 5.92 Å². The van der Waals surface area contributed by atoms with E-state index < -0.39 is 18.2 Å². The molecule has 136 valence electrons. The Morgan fingerprint density at radius 2 is 2.00 bits per heavy atom. The van der Waals surface area contributed by atoms with Gasteiger partial charge in [-0.2, -0.15) is 0 Å². The number of aliphatic hydroxyl groups is 1. The number of fused-ring (bicyclic) bond motifs is 1. The van der Waals surface area contributed by atoms with Crippen LogP contribution in [0.1, 0.15) is 24.7 Å². The zero-order valence-corrected chi connectivity index (χ0v) is 14.5. The minimum absolute atomic E-state index is 0.234. The monoisotopic (exact) mass is 346 g/mol. The van der Waals surface area contributed by atoms with Gasteiger partial charge in [-0.1, -0.05) is 42.5 Å². The van der Waals surface area contributed by atoms with Gasteiger partial charge in [0.25, 0.3) is 0 Å². The van der Waals surface area contributed by atoms with Crippen LogP contribution in [0.4, 0.5) is 0 Å². The fraction of sp³-hybridized carbons (Fsp3) is 0.500. The summed E-state index contributed by atoms with van der Waals surface area (Å²) in [5, 5.41) is 11.3. The molecule has 0 radical (unpaired) electrons. The molecule has 2 aliphatic heterocycles. The molecular weight excluding hydrogens is 320 g/mol. The highest BCUT2D eigenvalue weighted by Gasteiger charge is 2.56. The maximum Gasteiger partial charge on any atom is 0.187 e. The molecule has 0 amide bonds. The molecular formula is C20H26O5. The van der Waals surface area contributed by atoms with E-state index in [2.05, 4.69) is 13.2 Å². The van der Waals surface area contributed by atoms with Crippen LogP contribution in [-0.4, -0.2) is 42.9 Å². The van der Waals surface area contributed by atoms with Crippen molar-refractivity contribution < 1.29 is 24.1 Å². The van der Waals surface area contributed by atoms with Gasteiger partial charge in [0, 0.05) is 18.6 Å². The Balaban J connectivity index is 1.89. The molecule has 2 saturated heterocycles. The SMILES string of the molecule is C=CC[C@H]1[C@@H]2O[C@H](c3ccccc3)OC[C@H]2O[C@H](OC)[C@]1(O)CC=C. The summed E-state index contributed by atoms with van der Waals surface area (Å²) >= 11 is 0. The Morgan fingerprint density at radius 1 is 1.24 bits per heavy atom. The van der Waals surface area contributed by atoms with Gasteiger partial charge < -0.3 is 24.1 Å². The minimum Gasteiger partial charge on any atom is -0.384 e. The average Bonchev–Trinajstić information content (AvgIpc) is 2.64. The Morgan fingerprint density at radius 3 is 2.64 bits per heavy atom. The first kappa shape index (κ1) is 18.3. The van der Waals surface area contributed by atoms with Crippen molar-refractivity contribution >= 4 is 0 Å². The number of methoxy groups -OCH3 is 1. The highest BCUT2D eigenvalue weighted by molar-refractivity contribution is 5.17. The van der Waals surface area contributed by atoms with Crippen LogP contribution in [0.15, 0.2) is 55.6 Å². The zero-order valence-electron chi connectivity index (χ0n) is 14.5. The van der Waals surface area contributed by atoms with E-state index >= 15 is 0 Å². The Bertz CT molecular complexity index is 589. The quantitative estimate of drug-likeness (QED) is 0.803. The molecule has 0 spiro atoms. The van der Waals surface area contributed by atoms with Gasteiger partial charge in [-0.05, 0) is 12.8 Å². The summed E-state index contributed by atoms with van der Waals surface area (Å²) in [6.45, 7) is 7.99. The van der Waals surface area contributed by atoms with Crippen LogP contribution >= 0.6 is 0 Å². The first-order valence-electron chi connectivity index (χ1n) is 8.58. The molecule has 0 bridgehead atoms. The molecule has 25 heavy (non-hydrogen) atoms. The largest absolute Gasteiger partial charge is 0.384 e. The number of hydrogen-bond acceptors (Lipinski definition) is 5. The highest BCUT2D eigenvalue weighted by Crippen LogP contribution is 2.45. The zero-order chi connectivity index (χ0) is 17.9. The maximum atomic E-state index is 11.3.